The van der Waals surface area contributed by atoms with Crippen molar-refractivity contribution in [3.05, 3.63) is 46.6 Å². The van der Waals surface area contributed by atoms with Gasteiger partial charge in [0.1, 0.15) is 16.8 Å². The molecule has 1 aromatic carbocycles. The van der Waals surface area contributed by atoms with Gasteiger partial charge in [0, 0.05) is 31.0 Å². The van der Waals surface area contributed by atoms with Gasteiger partial charge in [0.15, 0.2) is 0 Å². The van der Waals surface area contributed by atoms with Crippen LogP contribution in [0.3, 0.4) is 0 Å². The van der Waals surface area contributed by atoms with E-state index in [4.69, 9.17) is 23.2 Å². The van der Waals surface area contributed by atoms with Crippen LogP contribution in [-0.2, 0) is 0 Å². The third kappa shape index (κ3) is 2.96. The number of halogens is 3. The zero-order valence-electron chi connectivity index (χ0n) is 13.6. The molecule has 0 N–H and O–H groups in total. The second-order valence-electron chi connectivity index (χ2n) is 6.20. The fraction of sp³-hybridized carbons (Fsp3) is 0.333. The van der Waals surface area contributed by atoms with E-state index in [0.717, 1.165) is 31.7 Å². The largest absolute Gasteiger partial charge is 0.357 e. The molecule has 0 spiro atoms. The molecule has 0 unspecified atom stereocenters. The van der Waals surface area contributed by atoms with E-state index in [0.29, 0.717) is 16.4 Å². The first-order chi connectivity index (χ1) is 12.2. The Morgan fingerprint density at radius 1 is 1.00 bits per heavy atom. The number of benzene rings is 1. The highest BCUT2D eigenvalue weighted by Gasteiger charge is 2.25. The lowest BCUT2D eigenvalue weighted by Crippen LogP contribution is -2.27. The lowest BCUT2D eigenvalue weighted by Gasteiger charge is -2.27. The van der Waals surface area contributed by atoms with Crippen molar-refractivity contribution in [2.45, 2.75) is 25.7 Å². The van der Waals surface area contributed by atoms with Crippen LogP contribution >= 0.6 is 23.2 Å². The summed E-state index contributed by atoms with van der Waals surface area (Å²) in [6, 6.07) is 4.65. The number of imidazole rings is 1. The number of aromatic nitrogens is 3. The molecule has 3 heterocycles. The SMILES string of the molecule is Fc1cccc(Cl)c1-c1c(Cl)nc2nccn2c1N1CCCCCC1. The van der Waals surface area contributed by atoms with Gasteiger partial charge in [-0.05, 0) is 25.0 Å². The third-order valence-electron chi connectivity index (χ3n) is 4.60. The average Bonchev–Trinajstić information content (AvgIpc) is 2.88. The van der Waals surface area contributed by atoms with Crippen molar-refractivity contribution in [2.24, 2.45) is 0 Å². The van der Waals surface area contributed by atoms with E-state index in [1.54, 1.807) is 18.3 Å². The first-order valence-electron chi connectivity index (χ1n) is 8.38. The fourth-order valence-corrected chi connectivity index (χ4v) is 3.96. The lowest BCUT2D eigenvalue weighted by molar-refractivity contribution is 0.631. The van der Waals surface area contributed by atoms with Crippen molar-refractivity contribution in [3.8, 4) is 11.1 Å². The summed E-state index contributed by atoms with van der Waals surface area (Å²) in [5.74, 6) is 0.897. The van der Waals surface area contributed by atoms with E-state index in [1.807, 2.05) is 10.6 Å². The van der Waals surface area contributed by atoms with Crippen LogP contribution in [0.25, 0.3) is 16.9 Å². The van der Waals surface area contributed by atoms with Gasteiger partial charge in [-0.15, -0.1) is 0 Å². The van der Waals surface area contributed by atoms with Crippen LogP contribution < -0.4 is 4.90 Å². The highest BCUT2D eigenvalue weighted by Crippen LogP contribution is 2.41. The fourth-order valence-electron chi connectivity index (χ4n) is 3.44. The van der Waals surface area contributed by atoms with Crippen molar-refractivity contribution in [1.82, 2.24) is 14.4 Å². The van der Waals surface area contributed by atoms with E-state index < -0.39 is 5.82 Å². The van der Waals surface area contributed by atoms with Crippen LogP contribution in [0.4, 0.5) is 10.2 Å². The predicted octanol–water partition coefficient (Wildman–Crippen LogP) is 5.22. The number of hydrogen-bond donors (Lipinski definition) is 0. The molecule has 0 amide bonds. The van der Waals surface area contributed by atoms with Crippen molar-refractivity contribution >= 4 is 34.8 Å². The molecule has 1 aliphatic heterocycles. The molecule has 0 radical (unpaired) electrons. The molecule has 4 nitrogen and oxygen atoms in total. The Bertz CT molecular complexity index is 897. The molecule has 0 saturated carbocycles. The Morgan fingerprint density at radius 2 is 1.76 bits per heavy atom. The first-order valence-corrected chi connectivity index (χ1v) is 9.14. The molecule has 1 saturated heterocycles. The average molecular weight is 379 g/mol. The molecule has 1 fully saturated rings. The van der Waals surface area contributed by atoms with Crippen molar-refractivity contribution in [2.75, 3.05) is 18.0 Å². The van der Waals surface area contributed by atoms with Gasteiger partial charge in [0.25, 0.3) is 0 Å². The highest BCUT2D eigenvalue weighted by atomic mass is 35.5. The molecular formula is C18H17Cl2FN4. The van der Waals surface area contributed by atoms with Crippen LogP contribution in [-0.4, -0.2) is 27.5 Å². The molecule has 7 heteroatoms. The van der Waals surface area contributed by atoms with Gasteiger partial charge in [-0.3, -0.25) is 4.40 Å². The zero-order valence-corrected chi connectivity index (χ0v) is 15.1. The molecule has 130 valence electrons. The van der Waals surface area contributed by atoms with Crippen molar-refractivity contribution in [3.63, 3.8) is 0 Å². The maximum absolute atomic E-state index is 14.7. The van der Waals surface area contributed by atoms with Crippen LogP contribution in [0.1, 0.15) is 25.7 Å². The quantitative estimate of drug-likeness (QED) is 0.573. The minimum absolute atomic E-state index is 0.213. The Labute approximate surface area is 155 Å². The molecular weight excluding hydrogens is 362 g/mol. The minimum Gasteiger partial charge on any atom is -0.357 e. The third-order valence-corrected chi connectivity index (χ3v) is 5.18. The van der Waals surface area contributed by atoms with Crippen LogP contribution in [0.15, 0.2) is 30.6 Å². The summed E-state index contributed by atoms with van der Waals surface area (Å²) in [5.41, 5.74) is 0.814. The first kappa shape index (κ1) is 16.6. The summed E-state index contributed by atoms with van der Waals surface area (Å²) < 4.78 is 16.5. The molecule has 0 atom stereocenters. The Kier molecular flexibility index (Phi) is 4.52. The summed E-state index contributed by atoms with van der Waals surface area (Å²) in [6.07, 6.45) is 8.06. The molecule has 2 aromatic heterocycles. The van der Waals surface area contributed by atoms with E-state index in [9.17, 15) is 4.39 Å². The monoisotopic (exact) mass is 378 g/mol. The van der Waals surface area contributed by atoms with Crippen molar-refractivity contribution < 1.29 is 4.39 Å². The number of anilines is 1. The van der Waals surface area contributed by atoms with Gasteiger partial charge in [-0.25, -0.2) is 9.37 Å². The maximum atomic E-state index is 14.7. The minimum atomic E-state index is -0.410. The Morgan fingerprint density at radius 3 is 2.48 bits per heavy atom. The molecule has 0 aliphatic carbocycles. The van der Waals surface area contributed by atoms with Gasteiger partial charge in [0.2, 0.25) is 5.78 Å². The van der Waals surface area contributed by atoms with Crippen LogP contribution in [0.5, 0.6) is 0 Å². The van der Waals surface area contributed by atoms with E-state index in [-0.39, 0.29) is 10.7 Å². The van der Waals surface area contributed by atoms with Gasteiger partial charge in [-0.2, -0.15) is 4.98 Å². The molecule has 4 rings (SSSR count). The van der Waals surface area contributed by atoms with Gasteiger partial charge < -0.3 is 4.90 Å². The predicted molar refractivity (Wildman–Crippen MR) is 99.1 cm³/mol. The number of rotatable bonds is 2. The van der Waals surface area contributed by atoms with Crippen LogP contribution in [0, 0.1) is 5.82 Å². The summed E-state index contributed by atoms with van der Waals surface area (Å²) in [5, 5.41) is 0.532. The zero-order chi connectivity index (χ0) is 17.4. The van der Waals surface area contributed by atoms with Gasteiger partial charge >= 0.3 is 0 Å². The lowest BCUT2D eigenvalue weighted by atomic mass is 10.1. The van der Waals surface area contributed by atoms with E-state index in [2.05, 4.69) is 14.9 Å². The van der Waals surface area contributed by atoms with Gasteiger partial charge in [-0.1, -0.05) is 42.1 Å². The normalized spacial score (nSPS) is 15.6. The number of hydrogen-bond acceptors (Lipinski definition) is 3. The van der Waals surface area contributed by atoms with Crippen molar-refractivity contribution in [1.29, 1.82) is 0 Å². The molecule has 25 heavy (non-hydrogen) atoms. The second-order valence-corrected chi connectivity index (χ2v) is 6.96. The summed E-state index contributed by atoms with van der Waals surface area (Å²) in [6.45, 7) is 1.76. The molecule has 1 aliphatic rings. The molecule has 0 bridgehead atoms. The standard InChI is InChI=1S/C18H17Cl2FN4/c19-12-6-5-7-13(21)14(12)15-16(20)23-18-22-8-11-25(18)17(15)24-9-3-1-2-4-10-24/h5-8,11H,1-4,9-10H2. The summed E-state index contributed by atoms with van der Waals surface area (Å²) in [4.78, 5) is 10.8. The van der Waals surface area contributed by atoms with E-state index in [1.165, 1.54) is 18.9 Å². The van der Waals surface area contributed by atoms with Crippen LogP contribution in [0.2, 0.25) is 10.2 Å². The number of nitrogens with zero attached hydrogens (tertiary/aromatic N) is 4. The summed E-state index contributed by atoms with van der Waals surface area (Å²) >= 11 is 12.8. The Balaban J connectivity index is 2.03. The summed E-state index contributed by atoms with van der Waals surface area (Å²) in [7, 11) is 0. The number of fused-ring (bicyclic) bond motifs is 1. The van der Waals surface area contributed by atoms with E-state index >= 15 is 0 Å². The molecule has 3 aromatic rings. The smallest absolute Gasteiger partial charge is 0.236 e. The highest BCUT2D eigenvalue weighted by molar-refractivity contribution is 6.36. The van der Waals surface area contributed by atoms with Gasteiger partial charge in [0.05, 0.1) is 10.6 Å². The second kappa shape index (κ2) is 6.81. The topological polar surface area (TPSA) is 33.4 Å². The Hall–Kier alpha value is -1.85. The maximum Gasteiger partial charge on any atom is 0.236 e.